The van der Waals surface area contributed by atoms with Crippen LogP contribution in [0.15, 0.2) is 83.8 Å². The monoisotopic (exact) mass is 481 g/mol. The van der Waals surface area contributed by atoms with Gasteiger partial charge in [0, 0.05) is 30.9 Å². The van der Waals surface area contributed by atoms with Crippen molar-refractivity contribution in [2.75, 3.05) is 18.4 Å². The van der Waals surface area contributed by atoms with E-state index in [1.165, 1.54) is 12.1 Å². The second kappa shape index (κ2) is 11.4. The third-order valence-electron chi connectivity index (χ3n) is 5.05. The van der Waals surface area contributed by atoms with Gasteiger partial charge in [-0.2, -0.15) is 0 Å². The highest BCUT2D eigenvalue weighted by Gasteiger charge is 2.14. The van der Waals surface area contributed by atoms with Gasteiger partial charge in [-0.1, -0.05) is 30.3 Å². The van der Waals surface area contributed by atoms with Crippen LogP contribution in [0, 0.1) is 0 Å². The molecule has 0 aliphatic rings. The van der Waals surface area contributed by atoms with Gasteiger partial charge in [-0.05, 0) is 67.9 Å². The molecule has 178 valence electrons. The van der Waals surface area contributed by atoms with Crippen molar-refractivity contribution in [2.45, 2.75) is 25.3 Å². The Morgan fingerprint density at radius 1 is 0.882 bits per heavy atom. The standard InChI is InChI=1S/C25H27N3O5S/c1-3-28(4-2)25(30)33-22-15-13-20(14-16-22)24(29)27-21-10-8-9-19(17-21)18-26-34(31,32)23-11-6-5-7-12-23/h5-17,26H,3-4,18H2,1-2H3,(H,27,29). The number of anilines is 1. The van der Waals surface area contributed by atoms with Gasteiger partial charge in [-0.15, -0.1) is 0 Å². The van der Waals surface area contributed by atoms with Crippen molar-refractivity contribution in [3.63, 3.8) is 0 Å². The number of rotatable bonds is 9. The summed E-state index contributed by atoms with van der Waals surface area (Å²) in [5, 5.41) is 2.79. The minimum Gasteiger partial charge on any atom is -0.410 e. The van der Waals surface area contributed by atoms with Crippen LogP contribution in [-0.4, -0.2) is 38.4 Å². The topological polar surface area (TPSA) is 105 Å². The number of hydrogen-bond acceptors (Lipinski definition) is 5. The van der Waals surface area contributed by atoms with Gasteiger partial charge in [0.25, 0.3) is 5.91 Å². The van der Waals surface area contributed by atoms with Crippen molar-refractivity contribution in [1.82, 2.24) is 9.62 Å². The van der Waals surface area contributed by atoms with Crippen LogP contribution < -0.4 is 14.8 Å². The van der Waals surface area contributed by atoms with Crippen LogP contribution in [0.2, 0.25) is 0 Å². The Balaban J connectivity index is 1.60. The summed E-state index contributed by atoms with van der Waals surface area (Å²) < 4.78 is 32.7. The van der Waals surface area contributed by atoms with E-state index in [2.05, 4.69) is 10.0 Å². The van der Waals surface area contributed by atoms with Crippen molar-refractivity contribution in [3.8, 4) is 5.75 Å². The molecule has 0 bridgehead atoms. The van der Waals surface area contributed by atoms with E-state index >= 15 is 0 Å². The van der Waals surface area contributed by atoms with E-state index in [0.29, 0.717) is 35.7 Å². The average molecular weight is 482 g/mol. The maximum Gasteiger partial charge on any atom is 0.415 e. The number of hydrogen-bond donors (Lipinski definition) is 2. The zero-order valence-electron chi connectivity index (χ0n) is 19.0. The largest absolute Gasteiger partial charge is 0.415 e. The van der Waals surface area contributed by atoms with Gasteiger partial charge in [-0.25, -0.2) is 17.9 Å². The molecule has 0 spiro atoms. The molecule has 0 radical (unpaired) electrons. The van der Waals surface area contributed by atoms with Crippen molar-refractivity contribution < 1.29 is 22.7 Å². The third kappa shape index (κ3) is 6.66. The van der Waals surface area contributed by atoms with Gasteiger partial charge in [-0.3, -0.25) is 4.79 Å². The van der Waals surface area contributed by atoms with Crippen LogP contribution >= 0.6 is 0 Å². The van der Waals surface area contributed by atoms with E-state index in [1.807, 2.05) is 13.8 Å². The molecule has 34 heavy (non-hydrogen) atoms. The van der Waals surface area contributed by atoms with Crippen molar-refractivity contribution in [3.05, 3.63) is 90.0 Å². The van der Waals surface area contributed by atoms with Crippen molar-refractivity contribution in [1.29, 1.82) is 0 Å². The molecule has 0 heterocycles. The normalized spacial score (nSPS) is 11.0. The highest BCUT2D eigenvalue weighted by Crippen LogP contribution is 2.17. The number of benzene rings is 3. The molecular formula is C25H27N3O5S. The molecule has 3 aromatic rings. The van der Waals surface area contributed by atoms with Gasteiger partial charge >= 0.3 is 6.09 Å². The van der Waals surface area contributed by atoms with E-state index < -0.39 is 16.1 Å². The molecule has 0 aliphatic heterocycles. The van der Waals surface area contributed by atoms with Crippen LogP contribution in [0.4, 0.5) is 10.5 Å². The first-order valence-electron chi connectivity index (χ1n) is 10.8. The molecule has 2 N–H and O–H groups in total. The fraction of sp³-hybridized carbons (Fsp3) is 0.200. The van der Waals surface area contributed by atoms with Gasteiger partial charge < -0.3 is 15.0 Å². The summed E-state index contributed by atoms with van der Waals surface area (Å²) in [6, 6.07) is 21.3. The van der Waals surface area contributed by atoms with Crippen LogP contribution in [0.1, 0.15) is 29.8 Å². The maximum absolute atomic E-state index is 12.6. The molecule has 0 saturated carbocycles. The third-order valence-corrected chi connectivity index (χ3v) is 6.47. The lowest BCUT2D eigenvalue weighted by Gasteiger charge is -2.17. The van der Waals surface area contributed by atoms with Crippen molar-refractivity contribution in [2.24, 2.45) is 0 Å². The fourth-order valence-corrected chi connectivity index (χ4v) is 4.18. The molecule has 2 amide bonds. The molecule has 8 nitrogen and oxygen atoms in total. The van der Waals surface area contributed by atoms with Gasteiger partial charge in [0.15, 0.2) is 0 Å². The average Bonchev–Trinajstić information content (AvgIpc) is 2.85. The Bertz CT molecular complexity index is 1220. The first-order chi connectivity index (χ1) is 16.3. The number of carbonyl (C=O) groups excluding carboxylic acids is 2. The van der Waals surface area contributed by atoms with Gasteiger partial charge in [0.2, 0.25) is 10.0 Å². The number of sulfonamides is 1. The van der Waals surface area contributed by atoms with Crippen LogP contribution in [-0.2, 0) is 16.6 Å². The molecule has 3 aromatic carbocycles. The van der Waals surface area contributed by atoms with Crippen LogP contribution in [0.5, 0.6) is 5.75 Å². The minimum atomic E-state index is -3.64. The number of nitrogens with zero attached hydrogens (tertiary/aromatic N) is 1. The summed E-state index contributed by atoms with van der Waals surface area (Å²) in [5.74, 6) is 0.00443. The first-order valence-corrected chi connectivity index (χ1v) is 12.3. The molecule has 9 heteroatoms. The summed E-state index contributed by atoms with van der Waals surface area (Å²) in [6.07, 6.45) is -0.443. The van der Waals surface area contributed by atoms with E-state index in [-0.39, 0.29) is 17.3 Å². The molecule has 0 fully saturated rings. The maximum atomic E-state index is 12.6. The van der Waals surface area contributed by atoms with E-state index in [0.717, 1.165) is 0 Å². The second-order valence-electron chi connectivity index (χ2n) is 7.36. The zero-order valence-corrected chi connectivity index (χ0v) is 19.8. The lowest BCUT2D eigenvalue weighted by atomic mass is 10.1. The van der Waals surface area contributed by atoms with E-state index in [4.69, 9.17) is 4.74 Å². The molecule has 0 atom stereocenters. The number of nitrogens with one attached hydrogen (secondary N) is 2. The molecule has 3 rings (SSSR count). The molecule has 0 aromatic heterocycles. The Kier molecular flexibility index (Phi) is 8.39. The van der Waals surface area contributed by atoms with Crippen LogP contribution in [0.3, 0.4) is 0 Å². The molecule has 0 saturated heterocycles. The fourth-order valence-electron chi connectivity index (χ4n) is 3.15. The summed E-state index contributed by atoms with van der Waals surface area (Å²) >= 11 is 0. The number of carbonyl (C=O) groups is 2. The van der Waals surface area contributed by atoms with Crippen LogP contribution in [0.25, 0.3) is 0 Å². The number of ether oxygens (including phenoxy) is 1. The second-order valence-corrected chi connectivity index (χ2v) is 9.12. The minimum absolute atomic E-state index is 0.0769. The lowest BCUT2D eigenvalue weighted by Crippen LogP contribution is -2.33. The summed E-state index contributed by atoms with van der Waals surface area (Å²) in [5.41, 5.74) is 1.60. The Morgan fingerprint density at radius 2 is 1.56 bits per heavy atom. The summed E-state index contributed by atoms with van der Waals surface area (Å²) in [4.78, 5) is 26.4. The highest BCUT2D eigenvalue weighted by molar-refractivity contribution is 7.89. The van der Waals surface area contributed by atoms with Gasteiger partial charge in [0.05, 0.1) is 4.90 Å². The smallest absolute Gasteiger partial charge is 0.410 e. The van der Waals surface area contributed by atoms with E-state index in [9.17, 15) is 18.0 Å². The first kappa shape index (κ1) is 24.9. The van der Waals surface area contributed by atoms with E-state index in [1.54, 1.807) is 71.6 Å². The summed E-state index contributed by atoms with van der Waals surface area (Å²) in [6.45, 7) is 4.90. The Hall–Kier alpha value is -3.69. The van der Waals surface area contributed by atoms with Crippen molar-refractivity contribution >= 4 is 27.7 Å². The SMILES string of the molecule is CCN(CC)C(=O)Oc1ccc(C(=O)Nc2cccc(CNS(=O)(=O)c3ccccc3)c2)cc1. The molecule has 0 aliphatic carbocycles. The highest BCUT2D eigenvalue weighted by atomic mass is 32.2. The molecule has 0 unspecified atom stereocenters. The van der Waals surface area contributed by atoms with Gasteiger partial charge in [0.1, 0.15) is 5.75 Å². The Labute approximate surface area is 199 Å². The predicted molar refractivity (Wildman–Crippen MR) is 130 cm³/mol. The lowest BCUT2D eigenvalue weighted by molar-refractivity contribution is 0.102. The zero-order chi connectivity index (χ0) is 24.6. The Morgan fingerprint density at radius 3 is 2.21 bits per heavy atom. The summed E-state index contributed by atoms with van der Waals surface area (Å²) in [7, 11) is -3.64. The number of amides is 2. The molecular weight excluding hydrogens is 454 g/mol. The predicted octanol–water partition coefficient (Wildman–Crippen LogP) is 4.26. The quantitative estimate of drug-likeness (QED) is 0.475.